The number of aromatic nitrogens is 1. The van der Waals surface area contributed by atoms with Gasteiger partial charge in [0.2, 0.25) is 0 Å². The van der Waals surface area contributed by atoms with Crippen molar-refractivity contribution in [3.8, 4) is 0 Å². The van der Waals surface area contributed by atoms with Crippen LogP contribution in [0.3, 0.4) is 0 Å². The zero-order valence-corrected chi connectivity index (χ0v) is 26.0. The lowest BCUT2D eigenvalue weighted by atomic mass is 9.78. The van der Waals surface area contributed by atoms with Gasteiger partial charge in [0.05, 0.1) is 32.3 Å². The van der Waals surface area contributed by atoms with Gasteiger partial charge in [-0.25, -0.2) is 8.42 Å². The van der Waals surface area contributed by atoms with E-state index in [-0.39, 0.29) is 17.4 Å². The molecular formula is C30H43N5O3S2. The first-order valence-electron chi connectivity index (χ1n) is 14.2. The van der Waals surface area contributed by atoms with Crippen LogP contribution >= 0.6 is 11.3 Å². The second kappa shape index (κ2) is 10.8. The van der Waals surface area contributed by atoms with Crippen molar-refractivity contribution in [3.05, 3.63) is 52.3 Å². The number of nitrogens with one attached hydrogen (secondary N) is 2. The molecule has 0 aromatic carbocycles. The summed E-state index contributed by atoms with van der Waals surface area (Å²) in [5, 5.41) is 3.26. The number of hydrogen-bond donors (Lipinski definition) is 3. The Labute approximate surface area is 242 Å². The molecule has 1 amide bonds. The number of aromatic amines is 1. The van der Waals surface area contributed by atoms with E-state index in [1.54, 1.807) is 11.3 Å². The Morgan fingerprint density at radius 2 is 1.85 bits per heavy atom. The van der Waals surface area contributed by atoms with E-state index in [0.29, 0.717) is 23.5 Å². The Kier molecular flexibility index (Phi) is 7.84. The van der Waals surface area contributed by atoms with E-state index < -0.39 is 9.84 Å². The van der Waals surface area contributed by atoms with E-state index in [9.17, 15) is 13.2 Å². The number of nitrogens with two attached hydrogens (primary N) is 1. The highest BCUT2D eigenvalue weighted by molar-refractivity contribution is 7.92. The molecule has 40 heavy (non-hydrogen) atoms. The highest BCUT2D eigenvalue weighted by Crippen LogP contribution is 2.44. The molecule has 2 aromatic rings. The summed E-state index contributed by atoms with van der Waals surface area (Å²) in [5.41, 5.74) is 11.1. The van der Waals surface area contributed by atoms with Gasteiger partial charge in [0, 0.05) is 55.1 Å². The molecule has 2 saturated heterocycles. The van der Waals surface area contributed by atoms with Gasteiger partial charge in [0.25, 0.3) is 5.91 Å². The number of amides is 1. The van der Waals surface area contributed by atoms with Crippen LogP contribution in [0.4, 0.5) is 0 Å². The topological polar surface area (TPSA) is 112 Å². The van der Waals surface area contributed by atoms with Gasteiger partial charge < -0.3 is 20.9 Å². The van der Waals surface area contributed by atoms with Crippen LogP contribution < -0.4 is 11.1 Å². The van der Waals surface area contributed by atoms with Gasteiger partial charge in [-0.2, -0.15) is 0 Å². The number of H-pyrrole nitrogens is 1. The summed E-state index contributed by atoms with van der Waals surface area (Å²) in [5.74, 6) is 1.16. The molecule has 0 bridgehead atoms. The number of rotatable bonds is 5. The number of thiophene rings is 1. The van der Waals surface area contributed by atoms with Crippen LogP contribution in [0.15, 0.2) is 36.2 Å². The summed E-state index contributed by atoms with van der Waals surface area (Å²) in [7, 11) is 0.682. The number of nitrogens with zero attached hydrogens (tertiary/aromatic N) is 2. The van der Waals surface area contributed by atoms with E-state index in [1.165, 1.54) is 12.6 Å². The third-order valence-electron chi connectivity index (χ3n) is 9.01. The lowest BCUT2D eigenvalue weighted by Gasteiger charge is -2.58. The monoisotopic (exact) mass is 585 g/mol. The number of hydrogen-bond acceptors (Lipinski definition) is 7. The molecule has 4 N–H and O–H groups in total. The summed E-state index contributed by atoms with van der Waals surface area (Å²) in [6, 6.07) is 2.80. The highest BCUT2D eigenvalue weighted by Gasteiger charge is 2.57. The maximum absolute atomic E-state index is 13.5. The molecule has 0 radical (unpaired) electrons. The number of likely N-dealkylation sites (tertiary alicyclic amines) is 1. The van der Waals surface area contributed by atoms with Crippen LogP contribution in [-0.2, 0) is 9.84 Å². The van der Waals surface area contributed by atoms with Crippen molar-refractivity contribution in [2.75, 3.05) is 38.7 Å². The predicted molar refractivity (Wildman–Crippen MR) is 165 cm³/mol. The van der Waals surface area contributed by atoms with Crippen molar-refractivity contribution in [1.82, 2.24) is 20.1 Å². The summed E-state index contributed by atoms with van der Waals surface area (Å²) in [6.45, 7) is 12.4. The van der Waals surface area contributed by atoms with Crippen LogP contribution in [0.2, 0.25) is 0 Å². The standard InChI is InChI=1S/C29H38N4O3S2.CH5N/c1-17(2)25-26(20-10-18(3)19(4)30-12-20)31-23-11-24(37-27(23)25)28(34)32(5)21-6-8-22(9-7-21)33-13-29(14-33)15-38(35,36)16-29;1-2/h10-12,17,21-22,30-31H,4,6-9,13-16H2,1-3,5H3;2H2,1H3. The summed E-state index contributed by atoms with van der Waals surface area (Å²) >= 11 is 1.60. The summed E-state index contributed by atoms with van der Waals surface area (Å²) in [6.07, 6.45) is 8.29. The van der Waals surface area contributed by atoms with Gasteiger partial charge in [-0.05, 0) is 68.9 Å². The fourth-order valence-electron chi connectivity index (χ4n) is 6.97. The molecule has 2 aromatic heterocycles. The summed E-state index contributed by atoms with van der Waals surface area (Å²) in [4.78, 5) is 22.4. The van der Waals surface area contributed by atoms with Crippen molar-refractivity contribution in [1.29, 1.82) is 0 Å². The molecular weight excluding hydrogens is 542 g/mol. The van der Waals surface area contributed by atoms with Crippen LogP contribution in [0.5, 0.6) is 0 Å². The molecule has 10 heteroatoms. The average Bonchev–Trinajstić information content (AvgIpc) is 3.46. The molecule has 0 atom stereocenters. The Hall–Kier alpha value is -2.40. The molecule has 1 saturated carbocycles. The van der Waals surface area contributed by atoms with Gasteiger partial charge in [-0.3, -0.25) is 9.69 Å². The third-order valence-corrected chi connectivity index (χ3v) is 12.3. The molecule has 4 aliphatic rings. The van der Waals surface area contributed by atoms with E-state index in [2.05, 4.69) is 54.4 Å². The number of sulfone groups is 1. The van der Waals surface area contributed by atoms with Crippen LogP contribution in [-0.4, -0.2) is 79.9 Å². The maximum atomic E-state index is 13.5. The number of allylic oxidation sites excluding steroid dienone is 3. The SMILES string of the molecule is C=C1NC=C(c2[nH]c3cc(C(=O)N(C)C4CCC(N5CC6(C5)CS(=O)(=O)C6)CC4)sc3c2C(C)C)C=C1C.CN. The molecule has 0 unspecified atom stereocenters. The van der Waals surface area contributed by atoms with Crippen LogP contribution in [0.1, 0.15) is 73.3 Å². The third kappa shape index (κ3) is 5.19. The van der Waals surface area contributed by atoms with E-state index in [4.69, 9.17) is 0 Å². The first-order chi connectivity index (χ1) is 19.0. The Morgan fingerprint density at radius 1 is 1.20 bits per heavy atom. The quantitative estimate of drug-likeness (QED) is 0.478. The zero-order valence-electron chi connectivity index (χ0n) is 24.3. The molecule has 218 valence electrons. The van der Waals surface area contributed by atoms with E-state index >= 15 is 0 Å². The molecule has 3 fully saturated rings. The van der Waals surface area contributed by atoms with E-state index in [0.717, 1.165) is 76.4 Å². The first kappa shape index (κ1) is 29.1. The van der Waals surface area contributed by atoms with Crippen LogP contribution in [0, 0.1) is 5.41 Å². The van der Waals surface area contributed by atoms with Crippen molar-refractivity contribution >= 4 is 42.9 Å². The van der Waals surface area contributed by atoms with Crippen molar-refractivity contribution in [2.24, 2.45) is 11.1 Å². The smallest absolute Gasteiger partial charge is 0.264 e. The molecule has 1 spiro atoms. The van der Waals surface area contributed by atoms with Crippen molar-refractivity contribution < 1.29 is 13.2 Å². The molecule has 1 aliphatic carbocycles. The van der Waals surface area contributed by atoms with Gasteiger partial charge in [0.15, 0.2) is 9.84 Å². The number of carbonyl (C=O) groups excluding carboxylic acids is 1. The second-order valence-corrected chi connectivity index (χ2v) is 15.4. The van der Waals surface area contributed by atoms with Gasteiger partial charge in [-0.15, -0.1) is 11.3 Å². The fraction of sp³-hybridized carbons (Fsp3) is 0.567. The van der Waals surface area contributed by atoms with Crippen molar-refractivity contribution in [2.45, 2.75) is 64.5 Å². The summed E-state index contributed by atoms with van der Waals surface area (Å²) < 4.78 is 24.4. The average molecular weight is 586 g/mol. The Bertz CT molecular complexity index is 1470. The lowest BCUT2D eigenvalue weighted by molar-refractivity contribution is -0.0282. The number of dihydropyridines is 1. The molecule has 6 rings (SSSR count). The largest absolute Gasteiger partial charge is 0.361 e. The predicted octanol–water partition coefficient (Wildman–Crippen LogP) is 4.45. The zero-order chi connectivity index (χ0) is 29.0. The Balaban J connectivity index is 0.00000158. The van der Waals surface area contributed by atoms with Gasteiger partial charge in [-0.1, -0.05) is 20.4 Å². The second-order valence-electron chi connectivity index (χ2n) is 12.3. The maximum Gasteiger partial charge on any atom is 0.264 e. The normalized spacial score (nSPS) is 25.3. The molecule has 3 aliphatic heterocycles. The van der Waals surface area contributed by atoms with E-state index in [1.807, 2.05) is 24.2 Å². The lowest BCUT2D eigenvalue weighted by Crippen LogP contribution is -2.70. The minimum absolute atomic E-state index is 0.0486. The minimum atomic E-state index is -2.77. The van der Waals surface area contributed by atoms with Crippen LogP contribution in [0.25, 0.3) is 15.8 Å². The highest BCUT2D eigenvalue weighted by atomic mass is 32.2. The van der Waals surface area contributed by atoms with Crippen molar-refractivity contribution in [3.63, 3.8) is 0 Å². The Morgan fingerprint density at radius 3 is 2.42 bits per heavy atom. The molecule has 8 nitrogen and oxygen atoms in total. The fourth-order valence-corrected chi connectivity index (χ4v) is 10.4. The molecule has 5 heterocycles. The first-order valence-corrected chi connectivity index (χ1v) is 16.9. The van der Waals surface area contributed by atoms with Gasteiger partial charge >= 0.3 is 0 Å². The minimum Gasteiger partial charge on any atom is -0.361 e. The number of carbonyl (C=O) groups is 1. The van der Waals surface area contributed by atoms with Gasteiger partial charge in [0.1, 0.15) is 0 Å². The number of fused-ring (bicyclic) bond motifs is 1.